The minimum Gasteiger partial charge on any atom is -0.325 e. The van der Waals surface area contributed by atoms with Gasteiger partial charge in [0.15, 0.2) is 0 Å². The predicted molar refractivity (Wildman–Crippen MR) is 71.8 cm³/mol. The Morgan fingerprint density at radius 3 is 2.62 bits per heavy atom. The molecule has 2 nitrogen and oxygen atoms in total. The number of carbonyl (C=O) groups is 1. The fourth-order valence-electron chi connectivity index (χ4n) is 1.04. The third-order valence-corrected chi connectivity index (χ3v) is 3.57. The molecule has 0 saturated carbocycles. The maximum atomic E-state index is 12.9. The quantitative estimate of drug-likeness (QED) is 0.837. The van der Waals surface area contributed by atoms with Crippen LogP contribution in [0.15, 0.2) is 18.2 Å². The Morgan fingerprint density at radius 1 is 1.50 bits per heavy atom. The molecule has 0 aromatic heterocycles. The maximum absolute atomic E-state index is 12.9. The Bertz CT molecular complexity index is 404. The van der Waals surface area contributed by atoms with Crippen LogP contribution in [-0.2, 0) is 4.79 Å². The van der Waals surface area contributed by atoms with E-state index in [9.17, 15) is 9.18 Å². The monoisotopic (exact) mass is 335 g/mol. The van der Waals surface area contributed by atoms with E-state index in [1.54, 1.807) is 6.07 Å². The highest BCUT2D eigenvalue weighted by Crippen LogP contribution is 2.25. The van der Waals surface area contributed by atoms with Crippen LogP contribution in [0.3, 0.4) is 0 Å². The van der Waals surface area contributed by atoms with Gasteiger partial charge in [-0.25, -0.2) is 4.39 Å². The van der Waals surface area contributed by atoms with Crippen molar-refractivity contribution in [2.45, 2.75) is 27.2 Å². The van der Waals surface area contributed by atoms with Gasteiger partial charge >= 0.3 is 0 Å². The SMILES string of the molecule is CCC(C)(C)C(=O)Nc1ccc(F)cc1I. The summed E-state index contributed by atoms with van der Waals surface area (Å²) in [6.45, 7) is 5.74. The molecule has 1 aromatic rings. The molecule has 0 saturated heterocycles. The van der Waals surface area contributed by atoms with Crippen molar-refractivity contribution >= 4 is 34.2 Å². The lowest BCUT2D eigenvalue weighted by Gasteiger charge is -2.21. The maximum Gasteiger partial charge on any atom is 0.230 e. The van der Waals surface area contributed by atoms with Gasteiger partial charge in [0, 0.05) is 8.99 Å². The van der Waals surface area contributed by atoms with Gasteiger partial charge in [0.25, 0.3) is 0 Å². The van der Waals surface area contributed by atoms with Gasteiger partial charge in [0.1, 0.15) is 5.82 Å². The van der Waals surface area contributed by atoms with Gasteiger partial charge in [-0.3, -0.25) is 4.79 Å². The second-order valence-electron chi connectivity index (χ2n) is 4.32. The Hall–Kier alpha value is -0.650. The van der Waals surface area contributed by atoms with Gasteiger partial charge in [-0.1, -0.05) is 20.8 Å². The number of amides is 1. The largest absolute Gasteiger partial charge is 0.325 e. The van der Waals surface area contributed by atoms with Crippen molar-refractivity contribution in [2.24, 2.45) is 5.41 Å². The molecular weight excluding hydrogens is 320 g/mol. The summed E-state index contributed by atoms with van der Waals surface area (Å²) in [4.78, 5) is 11.9. The van der Waals surface area contributed by atoms with Crippen LogP contribution in [-0.4, -0.2) is 5.91 Å². The number of hydrogen-bond donors (Lipinski definition) is 1. The van der Waals surface area contributed by atoms with E-state index in [2.05, 4.69) is 5.32 Å². The van der Waals surface area contributed by atoms with Crippen LogP contribution in [0, 0.1) is 14.8 Å². The molecule has 0 unspecified atom stereocenters. The van der Waals surface area contributed by atoms with Crippen molar-refractivity contribution in [2.75, 3.05) is 5.32 Å². The number of carbonyl (C=O) groups excluding carboxylic acids is 1. The van der Waals surface area contributed by atoms with Gasteiger partial charge in [-0.15, -0.1) is 0 Å². The highest BCUT2D eigenvalue weighted by Gasteiger charge is 2.25. The number of anilines is 1. The van der Waals surface area contributed by atoms with Crippen LogP contribution in [0.25, 0.3) is 0 Å². The van der Waals surface area contributed by atoms with Gasteiger partial charge < -0.3 is 5.32 Å². The van der Waals surface area contributed by atoms with E-state index in [0.29, 0.717) is 9.26 Å². The molecule has 0 aliphatic carbocycles. The molecule has 1 N–H and O–H groups in total. The number of nitrogens with one attached hydrogen (secondary N) is 1. The summed E-state index contributed by atoms with van der Waals surface area (Å²) >= 11 is 2.00. The first-order valence-electron chi connectivity index (χ1n) is 5.13. The molecular formula is C12H15FINO. The third-order valence-electron chi connectivity index (χ3n) is 2.68. The van der Waals surface area contributed by atoms with E-state index in [1.807, 2.05) is 43.4 Å². The average molecular weight is 335 g/mol. The Kier molecular flexibility index (Phi) is 4.29. The van der Waals surface area contributed by atoms with Crippen molar-refractivity contribution < 1.29 is 9.18 Å². The second kappa shape index (κ2) is 5.12. The molecule has 0 aliphatic rings. The summed E-state index contributed by atoms with van der Waals surface area (Å²) < 4.78 is 13.6. The van der Waals surface area contributed by atoms with Crippen LogP contribution in [0.4, 0.5) is 10.1 Å². The zero-order chi connectivity index (χ0) is 12.3. The lowest BCUT2D eigenvalue weighted by molar-refractivity contribution is -0.124. The fraction of sp³-hybridized carbons (Fsp3) is 0.417. The zero-order valence-electron chi connectivity index (χ0n) is 9.60. The summed E-state index contributed by atoms with van der Waals surface area (Å²) in [5.74, 6) is -0.336. The summed E-state index contributed by atoms with van der Waals surface area (Å²) in [6.07, 6.45) is 0.761. The molecule has 1 amide bonds. The molecule has 88 valence electrons. The van der Waals surface area contributed by atoms with Crippen LogP contribution >= 0.6 is 22.6 Å². The highest BCUT2D eigenvalue weighted by molar-refractivity contribution is 14.1. The number of rotatable bonds is 3. The van der Waals surface area contributed by atoms with Crippen LogP contribution in [0.1, 0.15) is 27.2 Å². The van der Waals surface area contributed by atoms with Gasteiger partial charge in [-0.05, 0) is 47.2 Å². The Balaban J connectivity index is 2.85. The molecule has 4 heteroatoms. The van der Waals surface area contributed by atoms with Crippen molar-refractivity contribution in [1.29, 1.82) is 0 Å². The van der Waals surface area contributed by atoms with Crippen LogP contribution < -0.4 is 5.32 Å². The first-order valence-corrected chi connectivity index (χ1v) is 6.21. The van der Waals surface area contributed by atoms with Crippen molar-refractivity contribution in [3.8, 4) is 0 Å². The molecule has 1 rings (SSSR count). The second-order valence-corrected chi connectivity index (χ2v) is 5.48. The van der Waals surface area contributed by atoms with Gasteiger partial charge in [0.05, 0.1) is 5.69 Å². The number of halogens is 2. The molecule has 0 fully saturated rings. The molecule has 0 aliphatic heterocycles. The van der Waals surface area contributed by atoms with E-state index >= 15 is 0 Å². The standard InChI is InChI=1S/C12H15FINO/c1-4-12(2,3)11(16)15-10-6-5-8(13)7-9(10)14/h5-7H,4H2,1-3H3,(H,15,16). The lowest BCUT2D eigenvalue weighted by atomic mass is 9.89. The number of hydrogen-bond acceptors (Lipinski definition) is 1. The molecule has 0 radical (unpaired) electrons. The summed E-state index contributed by atoms with van der Waals surface area (Å²) in [6, 6.07) is 4.33. The minimum atomic E-state index is -0.405. The minimum absolute atomic E-state index is 0.0421. The molecule has 16 heavy (non-hydrogen) atoms. The van der Waals surface area contributed by atoms with Crippen LogP contribution in [0.2, 0.25) is 0 Å². The van der Waals surface area contributed by atoms with Crippen molar-refractivity contribution in [3.05, 3.63) is 27.6 Å². The van der Waals surface area contributed by atoms with Crippen LogP contribution in [0.5, 0.6) is 0 Å². The first-order chi connectivity index (χ1) is 7.36. The van der Waals surface area contributed by atoms with E-state index in [1.165, 1.54) is 12.1 Å². The molecule has 0 bridgehead atoms. The lowest BCUT2D eigenvalue weighted by Crippen LogP contribution is -2.30. The number of benzene rings is 1. The summed E-state index contributed by atoms with van der Waals surface area (Å²) in [7, 11) is 0. The molecule has 0 atom stereocenters. The molecule has 0 heterocycles. The fourth-order valence-corrected chi connectivity index (χ4v) is 1.66. The Morgan fingerprint density at radius 2 is 2.12 bits per heavy atom. The highest BCUT2D eigenvalue weighted by atomic mass is 127. The van der Waals surface area contributed by atoms with Crippen molar-refractivity contribution in [1.82, 2.24) is 0 Å². The third kappa shape index (κ3) is 3.17. The van der Waals surface area contributed by atoms with E-state index < -0.39 is 5.41 Å². The molecule has 1 aromatic carbocycles. The van der Waals surface area contributed by atoms with E-state index in [-0.39, 0.29) is 11.7 Å². The van der Waals surface area contributed by atoms with Gasteiger partial charge in [-0.2, -0.15) is 0 Å². The van der Waals surface area contributed by atoms with E-state index in [4.69, 9.17) is 0 Å². The Labute approximate surface area is 109 Å². The average Bonchev–Trinajstić information content (AvgIpc) is 2.22. The summed E-state index contributed by atoms with van der Waals surface area (Å²) in [5.41, 5.74) is 0.255. The summed E-state index contributed by atoms with van der Waals surface area (Å²) in [5, 5.41) is 2.82. The molecule has 0 spiro atoms. The normalized spacial score (nSPS) is 11.3. The van der Waals surface area contributed by atoms with E-state index in [0.717, 1.165) is 6.42 Å². The predicted octanol–water partition coefficient (Wildman–Crippen LogP) is 3.81. The topological polar surface area (TPSA) is 29.1 Å². The van der Waals surface area contributed by atoms with Crippen molar-refractivity contribution in [3.63, 3.8) is 0 Å². The smallest absolute Gasteiger partial charge is 0.230 e. The first kappa shape index (κ1) is 13.4. The van der Waals surface area contributed by atoms with Gasteiger partial charge in [0.2, 0.25) is 5.91 Å². The zero-order valence-corrected chi connectivity index (χ0v) is 11.8.